The zero-order chi connectivity index (χ0) is 16.5. The molecular weight excluding hydrogens is 294 g/mol. The summed E-state index contributed by atoms with van der Waals surface area (Å²) in [5.41, 5.74) is 6.73. The molecule has 0 amide bonds. The van der Waals surface area contributed by atoms with Crippen LogP contribution in [-0.2, 0) is 0 Å². The second-order valence-electron chi connectivity index (χ2n) is 7.58. The number of rotatable bonds is 2. The number of anilines is 1. The van der Waals surface area contributed by atoms with Crippen LogP contribution in [0.5, 0.6) is 0 Å². The molecule has 5 rings (SSSR count). The minimum absolute atomic E-state index is 0.0520. The van der Waals surface area contributed by atoms with Gasteiger partial charge < -0.3 is 10.8 Å². The average Bonchev–Trinajstić information content (AvgIpc) is 2.88. The van der Waals surface area contributed by atoms with Crippen molar-refractivity contribution >= 4 is 22.8 Å². The highest BCUT2D eigenvalue weighted by Gasteiger charge is 2.57. The molecule has 4 atom stereocenters. The van der Waals surface area contributed by atoms with E-state index < -0.39 is 5.97 Å². The molecule has 7 nitrogen and oxygen atoms in total. The van der Waals surface area contributed by atoms with E-state index >= 15 is 0 Å². The Hall–Kier alpha value is -2.18. The summed E-state index contributed by atoms with van der Waals surface area (Å²) in [6, 6.07) is 0.164. The monoisotopic (exact) mass is 315 g/mol. The van der Waals surface area contributed by atoms with Crippen LogP contribution in [0.4, 0.5) is 5.82 Å². The van der Waals surface area contributed by atoms with Gasteiger partial charge in [-0.3, -0.25) is 0 Å². The van der Waals surface area contributed by atoms with E-state index in [1.54, 1.807) is 4.68 Å². The van der Waals surface area contributed by atoms with Crippen LogP contribution in [0, 0.1) is 23.2 Å². The number of nitrogens with zero attached hydrogens (tertiary/aromatic N) is 4. The molecule has 2 heterocycles. The van der Waals surface area contributed by atoms with Gasteiger partial charge in [0.1, 0.15) is 12.1 Å². The highest BCUT2D eigenvalue weighted by Crippen LogP contribution is 2.64. The number of carboxylic acids is 1. The fraction of sp³-hybridized carbons (Fsp3) is 0.625. The SMILES string of the molecule is C[C@H]1C2CC(C[C@H]1n1nc(C(=O)O)c3c(N)ncnc31)C2(C)C. The van der Waals surface area contributed by atoms with Gasteiger partial charge in [0.15, 0.2) is 11.3 Å². The summed E-state index contributed by atoms with van der Waals surface area (Å²) >= 11 is 0. The lowest BCUT2D eigenvalue weighted by molar-refractivity contribution is -0.125. The number of hydrogen-bond acceptors (Lipinski definition) is 5. The average molecular weight is 315 g/mol. The van der Waals surface area contributed by atoms with Crippen LogP contribution in [0.15, 0.2) is 6.33 Å². The largest absolute Gasteiger partial charge is 0.476 e. The molecular formula is C16H21N5O2. The van der Waals surface area contributed by atoms with E-state index in [0.29, 0.717) is 34.2 Å². The van der Waals surface area contributed by atoms with Crippen molar-refractivity contribution in [1.29, 1.82) is 0 Å². The Morgan fingerprint density at radius 2 is 2.13 bits per heavy atom. The number of fused-ring (bicyclic) bond motifs is 3. The van der Waals surface area contributed by atoms with Crippen molar-refractivity contribution in [1.82, 2.24) is 19.7 Å². The van der Waals surface area contributed by atoms with E-state index in [-0.39, 0.29) is 17.6 Å². The summed E-state index contributed by atoms with van der Waals surface area (Å²) in [6.07, 6.45) is 3.64. The zero-order valence-electron chi connectivity index (χ0n) is 13.5. The molecule has 0 aromatic carbocycles. The Morgan fingerprint density at radius 1 is 1.39 bits per heavy atom. The topological polar surface area (TPSA) is 107 Å². The minimum atomic E-state index is -1.09. The molecule has 3 aliphatic rings. The molecule has 7 heteroatoms. The Labute approximate surface area is 133 Å². The normalized spacial score (nSPS) is 31.8. The van der Waals surface area contributed by atoms with Gasteiger partial charge in [0.25, 0.3) is 0 Å². The van der Waals surface area contributed by atoms with Crippen molar-refractivity contribution in [2.75, 3.05) is 5.73 Å². The van der Waals surface area contributed by atoms with Crippen molar-refractivity contribution in [3.8, 4) is 0 Å². The predicted octanol–water partition coefficient (Wildman–Crippen LogP) is 2.35. The van der Waals surface area contributed by atoms with Gasteiger partial charge in [-0.05, 0) is 36.0 Å². The van der Waals surface area contributed by atoms with Gasteiger partial charge in [0.05, 0.1) is 11.4 Å². The van der Waals surface area contributed by atoms with Crippen LogP contribution in [-0.4, -0.2) is 30.8 Å². The Kier molecular flexibility index (Phi) is 2.77. The molecule has 0 spiro atoms. The van der Waals surface area contributed by atoms with Gasteiger partial charge >= 0.3 is 5.97 Å². The van der Waals surface area contributed by atoms with Gasteiger partial charge in [0.2, 0.25) is 0 Å². The number of carboxylic acid groups (broad SMARTS) is 1. The molecule has 2 unspecified atom stereocenters. The summed E-state index contributed by atoms with van der Waals surface area (Å²) in [6.45, 7) is 6.91. The first-order valence-corrected chi connectivity index (χ1v) is 8.04. The number of aromatic nitrogens is 4. The number of aromatic carboxylic acids is 1. The Morgan fingerprint density at radius 3 is 2.74 bits per heavy atom. The van der Waals surface area contributed by atoms with Crippen molar-refractivity contribution < 1.29 is 9.90 Å². The standard InChI is InChI=1S/C16H21N5O2/c1-7-9-4-8(16(9,2)3)5-10(7)21-14-11(12(20-21)15(22)23)13(17)18-6-19-14/h6-10H,4-5H2,1-3H3,(H,22,23)(H2,17,18,19)/t7-,8?,9?,10+/m0/s1. The van der Waals surface area contributed by atoms with Gasteiger partial charge in [-0.1, -0.05) is 20.8 Å². The molecule has 0 aliphatic heterocycles. The molecule has 0 radical (unpaired) electrons. The molecule has 3 aliphatic carbocycles. The molecule has 0 saturated heterocycles. The Bertz CT molecular complexity index is 812. The quantitative estimate of drug-likeness (QED) is 0.881. The fourth-order valence-corrected chi connectivity index (χ4v) is 4.82. The predicted molar refractivity (Wildman–Crippen MR) is 84.9 cm³/mol. The van der Waals surface area contributed by atoms with E-state index in [4.69, 9.17) is 5.73 Å². The first-order chi connectivity index (χ1) is 10.8. The lowest BCUT2D eigenvalue weighted by Gasteiger charge is -2.61. The van der Waals surface area contributed by atoms with E-state index in [1.807, 2.05) is 0 Å². The maximum atomic E-state index is 11.5. The van der Waals surface area contributed by atoms with E-state index in [2.05, 4.69) is 35.8 Å². The highest BCUT2D eigenvalue weighted by atomic mass is 16.4. The van der Waals surface area contributed by atoms with E-state index in [1.165, 1.54) is 12.7 Å². The summed E-state index contributed by atoms with van der Waals surface area (Å²) in [7, 11) is 0. The molecule has 2 aromatic heterocycles. The minimum Gasteiger partial charge on any atom is -0.476 e. The van der Waals surface area contributed by atoms with Gasteiger partial charge in [-0.15, -0.1) is 0 Å². The van der Waals surface area contributed by atoms with Crippen molar-refractivity contribution in [3.63, 3.8) is 0 Å². The second-order valence-corrected chi connectivity index (χ2v) is 7.58. The third kappa shape index (κ3) is 1.76. The van der Waals surface area contributed by atoms with Gasteiger partial charge in [-0.25, -0.2) is 19.4 Å². The number of hydrogen-bond donors (Lipinski definition) is 2. The second kappa shape index (κ2) is 4.43. The smallest absolute Gasteiger partial charge is 0.357 e. The van der Waals surface area contributed by atoms with Crippen LogP contribution in [0.25, 0.3) is 11.0 Å². The molecule has 23 heavy (non-hydrogen) atoms. The first kappa shape index (κ1) is 14.4. The maximum absolute atomic E-state index is 11.5. The molecule has 3 saturated carbocycles. The van der Waals surface area contributed by atoms with E-state index in [9.17, 15) is 9.90 Å². The summed E-state index contributed by atoms with van der Waals surface area (Å²) in [5, 5.41) is 14.2. The van der Waals surface area contributed by atoms with E-state index in [0.717, 1.165) is 6.42 Å². The fourth-order valence-electron chi connectivity index (χ4n) is 4.82. The number of nitrogen functional groups attached to an aromatic ring is 1. The molecule has 3 fully saturated rings. The van der Waals surface area contributed by atoms with Crippen LogP contribution in [0.3, 0.4) is 0 Å². The van der Waals surface area contributed by atoms with Crippen molar-refractivity contribution in [2.45, 2.75) is 39.7 Å². The van der Waals surface area contributed by atoms with Crippen molar-refractivity contribution in [2.24, 2.45) is 23.2 Å². The lowest BCUT2D eigenvalue weighted by atomic mass is 9.45. The number of carbonyl (C=O) groups is 1. The third-order valence-corrected chi connectivity index (χ3v) is 6.35. The van der Waals surface area contributed by atoms with Gasteiger partial charge in [0, 0.05) is 0 Å². The van der Waals surface area contributed by atoms with Crippen LogP contribution < -0.4 is 5.73 Å². The molecule has 2 bridgehead atoms. The van der Waals surface area contributed by atoms with Gasteiger partial charge in [-0.2, -0.15) is 5.10 Å². The number of nitrogens with two attached hydrogens (primary N) is 1. The summed E-state index contributed by atoms with van der Waals surface area (Å²) in [5.74, 6) is 0.797. The Balaban J connectivity index is 1.85. The molecule has 3 N–H and O–H groups in total. The third-order valence-electron chi connectivity index (χ3n) is 6.35. The maximum Gasteiger partial charge on any atom is 0.357 e. The van der Waals surface area contributed by atoms with Crippen molar-refractivity contribution in [3.05, 3.63) is 12.0 Å². The molecule has 122 valence electrons. The van der Waals surface area contributed by atoms with Crippen LogP contribution >= 0.6 is 0 Å². The van der Waals surface area contributed by atoms with Crippen LogP contribution in [0.2, 0.25) is 0 Å². The molecule has 2 aromatic rings. The summed E-state index contributed by atoms with van der Waals surface area (Å²) in [4.78, 5) is 19.7. The lowest BCUT2D eigenvalue weighted by Crippen LogP contribution is -2.55. The van der Waals surface area contributed by atoms with Crippen LogP contribution in [0.1, 0.15) is 50.1 Å². The first-order valence-electron chi connectivity index (χ1n) is 8.04. The summed E-state index contributed by atoms with van der Waals surface area (Å²) < 4.78 is 1.79. The highest BCUT2D eigenvalue weighted by molar-refractivity contribution is 6.04. The zero-order valence-corrected chi connectivity index (χ0v) is 13.5.